The van der Waals surface area contributed by atoms with Gasteiger partial charge in [-0.2, -0.15) is 0 Å². The van der Waals surface area contributed by atoms with Crippen molar-refractivity contribution >= 4 is 11.6 Å². The summed E-state index contributed by atoms with van der Waals surface area (Å²) < 4.78 is 5.08. The van der Waals surface area contributed by atoms with Crippen LogP contribution in [0.2, 0.25) is 0 Å². The number of nitrogens with zero attached hydrogens (tertiary/aromatic N) is 1. The lowest BCUT2D eigenvalue weighted by atomic mass is 10.1. The molecule has 0 fully saturated rings. The lowest BCUT2D eigenvalue weighted by Crippen LogP contribution is -2.42. The van der Waals surface area contributed by atoms with Crippen molar-refractivity contribution in [2.75, 3.05) is 32.1 Å². The molecule has 0 saturated carbocycles. The molecule has 0 radical (unpaired) electrons. The average Bonchev–Trinajstić information content (AvgIpc) is 2.49. The third-order valence-electron chi connectivity index (χ3n) is 3.57. The van der Waals surface area contributed by atoms with E-state index < -0.39 is 0 Å². The minimum Gasteiger partial charge on any atom is -0.497 e. The number of methoxy groups -OCH3 is 1. The number of rotatable bonds is 9. The normalized spacial score (nSPS) is 11.0. The summed E-state index contributed by atoms with van der Waals surface area (Å²) in [5, 5.41) is 12.0. The van der Waals surface area contributed by atoms with E-state index in [4.69, 9.17) is 9.84 Å². The first-order chi connectivity index (χ1) is 10.1. The molecule has 0 aliphatic carbocycles. The maximum atomic E-state index is 12.1. The fourth-order valence-corrected chi connectivity index (χ4v) is 2.38. The first-order valence-corrected chi connectivity index (χ1v) is 7.43. The van der Waals surface area contributed by atoms with E-state index in [2.05, 4.69) is 19.2 Å². The van der Waals surface area contributed by atoms with Crippen molar-refractivity contribution in [2.45, 2.75) is 32.7 Å². The summed E-state index contributed by atoms with van der Waals surface area (Å²) in [6.45, 7) is 5.06. The van der Waals surface area contributed by atoms with E-state index in [1.54, 1.807) is 7.11 Å². The molecular formula is C16H26N2O3. The van der Waals surface area contributed by atoms with Crippen LogP contribution in [0, 0.1) is 0 Å². The zero-order valence-corrected chi connectivity index (χ0v) is 13.1. The van der Waals surface area contributed by atoms with Gasteiger partial charge in [0.1, 0.15) is 5.75 Å². The second-order valence-electron chi connectivity index (χ2n) is 4.94. The molecule has 0 unspecified atom stereocenters. The number of ether oxygens (including phenoxy) is 1. The molecular weight excluding hydrogens is 268 g/mol. The second kappa shape index (κ2) is 9.37. The first kappa shape index (κ1) is 17.5. The van der Waals surface area contributed by atoms with Crippen LogP contribution in [0.3, 0.4) is 0 Å². The quantitative estimate of drug-likeness (QED) is 0.732. The van der Waals surface area contributed by atoms with Crippen molar-refractivity contribution in [1.82, 2.24) is 4.90 Å². The third kappa shape index (κ3) is 5.73. The van der Waals surface area contributed by atoms with Crippen LogP contribution in [0.25, 0.3) is 0 Å². The highest BCUT2D eigenvalue weighted by Crippen LogP contribution is 2.15. The number of nitrogens with one attached hydrogen (secondary N) is 1. The zero-order chi connectivity index (χ0) is 15.7. The minimum absolute atomic E-state index is 0.0618. The number of aliphatic hydroxyl groups is 1. The summed E-state index contributed by atoms with van der Waals surface area (Å²) in [7, 11) is 1.61. The number of benzene rings is 1. The van der Waals surface area contributed by atoms with Crippen LogP contribution in [-0.4, -0.2) is 48.8 Å². The summed E-state index contributed by atoms with van der Waals surface area (Å²) in [6.07, 6.45) is 1.93. The number of carbonyl (C=O) groups is 1. The Morgan fingerprint density at radius 1 is 1.29 bits per heavy atom. The predicted octanol–water partition coefficient (Wildman–Crippen LogP) is 2.12. The van der Waals surface area contributed by atoms with Gasteiger partial charge >= 0.3 is 0 Å². The van der Waals surface area contributed by atoms with Crippen LogP contribution in [0.4, 0.5) is 5.69 Å². The van der Waals surface area contributed by atoms with Gasteiger partial charge in [0.05, 0.1) is 20.3 Å². The van der Waals surface area contributed by atoms with Crippen molar-refractivity contribution in [3.05, 3.63) is 24.3 Å². The number of aliphatic hydroxyl groups excluding tert-OH is 1. The van der Waals surface area contributed by atoms with Crippen LogP contribution in [0.5, 0.6) is 5.75 Å². The van der Waals surface area contributed by atoms with Crippen LogP contribution >= 0.6 is 0 Å². The SMILES string of the molecule is CCC(CC)N(CCO)CC(=O)Nc1ccc(OC)cc1. The van der Waals surface area contributed by atoms with E-state index in [-0.39, 0.29) is 12.5 Å². The molecule has 2 N–H and O–H groups in total. The predicted molar refractivity (Wildman–Crippen MR) is 84.7 cm³/mol. The largest absolute Gasteiger partial charge is 0.497 e. The summed E-state index contributed by atoms with van der Waals surface area (Å²) >= 11 is 0. The standard InChI is InChI=1S/C16H26N2O3/c1-4-14(5-2)18(10-11-19)12-16(20)17-13-6-8-15(21-3)9-7-13/h6-9,14,19H,4-5,10-12H2,1-3H3,(H,17,20). The molecule has 1 aromatic rings. The van der Waals surface area contributed by atoms with Gasteiger partial charge in [0.15, 0.2) is 0 Å². The summed E-state index contributed by atoms with van der Waals surface area (Å²) in [5.41, 5.74) is 0.745. The number of hydrogen-bond donors (Lipinski definition) is 2. The first-order valence-electron chi connectivity index (χ1n) is 7.43. The van der Waals surface area contributed by atoms with Gasteiger partial charge in [-0.05, 0) is 37.1 Å². The molecule has 5 heteroatoms. The van der Waals surface area contributed by atoms with E-state index in [9.17, 15) is 4.79 Å². The van der Waals surface area contributed by atoms with Crippen molar-refractivity contribution in [1.29, 1.82) is 0 Å². The Morgan fingerprint density at radius 3 is 2.38 bits per heavy atom. The Bertz CT molecular complexity index is 416. The molecule has 0 atom stereocenters. The summed E-state index contributed by atoms with van der Waals surface area (Å²) in [5.74, 6) is 0.687. The van der Waals surface area contributed by atoms with Gasteiger partial charge in [-0.1, -0.05) is 13.8 Å². The van der Waals surface area contributed by atoms with Gasteiger partial charge in [-0.3, -0.25) is 9.69 Å². The van der Waals surface area contributed by atoms with Gasteiger partial charge in [0.25, 0.3) is 0 Å². The second-order valence-corrected chi connectivity index (χ2v) is 4.94. The highest BCUT2D eigenvalue weighted by atomic mass is 16.5. The fraction of sp³-hybridized carbons (Fsp3) is 0.562. The lowest BCUT2D eigenvalue weighted by molar-refractivity contribution is -0.118. The smallest absolute Gasteiger partial charge is 0.238 e. The van der Waals surface area contributed by atoms with Crippen molar-refractivity contribution in [3.8, 4) is 5.75 Å². The minimum atomic E-state index is -0.0690. The van der Waals surface area contributed by atoms with Gasteiger partial charge < -0.3 is 15.2 Å². The highest BCUT2D eigenvalue weighted by Gasteiger charge is 2.17. The number of carbonyl (C=O) groups excluding carboxylic acids is 1. The topological polar surface area (TPSA) is 61.8 Å². The molecule has 5 nitrogen and oxygen atoms in total. The van der Waals surface area contributed by atoms with Gasteiger partial charge in [0.2, 0.25) is 5.91 Å². The Labute approximate surface area is 126 Å². The van der Waals surface area contributed by atoms with Crippen LogP contribution < -0.4 is 10.1 Å². The molecule has 0 spiro atoms. The molecule has 21 heavy (non-hydrogen) atoms. The fourth-order valence-electron chi connectivity index (χ4n) is 2.38. The van der Waals surface area contributed by atoms with E-state index in [0.29, 0.717) is 19.1 Å². The Balaban J connectivity index is 2.59. The number of anilines is 1. The summed E-state index contributed by atoms with van der Waals surface area (Å²) in [6, 6.07) is 7.55. The van der Waals surface area contributed by atoms with Crippen LogP contribution in [0.15, 0.2) is 24.3 Å². The number of hydrogen-bond acceptors (Lipinski definition) is 4. The molecule has 0 aromatic heterocycles. The number of amides is 1. The van der Waals surface area contributed by atoms with E-state index in [0.717, 1.165) is 24.3 Å². The van der Waals surface area contributed by atoms with Gasteiger partial charge in [-0.15, -0.1) is 0 Å². The van der Waals surface area contributed by atoms with E-state index >= 15 is 0 Å². The molecule has 0 bridgehead atoms. The maximum Gasteiger partial charge on any atom is 0.238 e. The van der Waals surface area contributed by atoms with Crippen LogP contribution in [-0.2, 0) is 4.79 Å². The molecule has 0 saturated heterocycles. The lowest BCUT2D eigenvalue weighted by Gasteiger charge is -2.29. The average molecular weight is 294 g/mol. The zero-order valence-electron chi connectivity index (χ0n) is 13.1. The van der Waals surface area contributed by atoms with Crippen molar-refractivity contribution < 1.29 is 14.6 Å². The van der Waals surface area contributed by atoms with Crippen molar-refractivity contribution in [3.63, 3.8) is 0 Å². The van der Waals surface area contributed by atoms with Gasteiger partial charge in [0, 0.05) is 18.3 Å². The maximum absolute atomic E-state index is 12.1. The van der Waals surface area contributed by atoms with Gasteiger partial charge in [-0.25, -0.2) is 0 Å². The Kier molecular flexibility index (Phi) is 7.79. The Morgan fingerprint density at radius 2 is 1.90 bits per heavy atom. The third-order valence-corrected chi connectivity index (χ3v) is 3.57. The molecule has 118 valence electrons. The Hall–Kier alpha value is -1.59. The molecule has 1 aromatic carbocycles. The molecule has 0 heterocycles. The molecule has 0 aliphatic heterocycles. The van der Waals surface area contributed by atoms with Crippen LogP contribution in [0.1, 0.15) is 26.7 Å². The van der Waals surface area contributed by atoms with E-state index in [1.165, 1.54) is 0 Å². The van der Waals surface area contributed by atoms with Crippen molar-refractivity contribution in [2.24, 2.45) is 0 Å². The highest BCUT2D eigenvalue weighted by molar-refractivity contribution is 5.92. The summed E-state index contributed by atoms with van der Waals surface area (Å²) in [4.78, 5) is 14.1. The molecule has 0 aliphatic rings. The molecule has 1 amide bonds. The monoisotopic (exact) mass is 294 g/mol. The molecule has 1 rings (SSSR count). The van der Waals surface area contributed by atoms with E-state index in [1.807, 2.05) is 29.2 Å².